The van der Waals surface area contributed by atoms with Gasteiger partial charge < -0.3 is 9.84 Å². The van der Waals surface area contributed by atoms with E-state index in [1.165, 1.54) is 5.56 Å². The third-order valence-corrected chi connectivity index (χ3v) is 4.38. The van der Waals surface area contributed by atoms with Crippen LogP contribution in [0.5, 0.6) is 5.75 Å². The Balaban J connectivity index is 2.23. The third-order valence-electron chi connectivity index (χ3n) is 3.66. The molecule has 0 saturated heterocycles. The first-order chi connectivity index (χ1) is 10.5. The van der Waals surface area contributed by atoms with Gasteiger partial charge in [-0.25, -0.2) is 0 Å². The summed E-state index contributed by atoms with van der Waals surface area (Å²) in [6.07, 6.45) is 1.81. The molecule has 1 aromatic carbocycles. The molecule has 1 heterocycles. The van der Waals surface area contributed by atoms with E-state index in [9.17, 15) is 5.11 Å². The van der Waals surface area contributed by atoms with Crippen molar-refractivity contribution in [2.24, 2.45) is 0 Å². The number of aliphatic hydroxyl groups excluding tert-OH is 1. The van der Waals surface area contributed by atoms with Crippen LogP contribution in [-0.2, 0) is 6.54 Å². The maximum Gasteiger partial charge on any atom is 0.119 e. The maximum absolute atomic E-state index is 9.85. The molecule has 4 nitrogen and oxygen atoms in total. The van der Waals surface area contributed by atoms with Crippen LogP contribution in [0.25, 0.3) is 0 Å². The van der Waals surface area contributed by atoms with Crippen molar-refractivity contribution < 1.29 is 9.84 Å². The molecule has 0 spiro atoms. The second kappa shape index (κ2) is 7.72. The molecule has 2 rings (SSSR count). The minimum Gasteiger partial charge on any atom is -0.497 e. The maximum atomic E-state index is 9.85. The molecule has 22 heavy (non-hydrogen) atoms. The zero-order chi connectivity index (χ0) is 16.1. The van der Waals surface area contributed by atoms with Gasteiger partial charge in [0.2, 0.25) is 0 Å². The van der Waals surface area contributed by atoms with Crippen LogP contribution < -0.4 is 4.74 Å². The minimum atomic E-state index is -0.113. The topological polar surface area (TPSA) is 45.6 Å². The highest BCUT2D eigenvalue weighted by Crippen LogP contribution is 2.31. The van der Waals surface area contributed by atoms with E-state index in [0.717, 1.165) is 28.0 Å². The summed E-state index contributed by atoms with van der Waals surface area (Å²) in [5, 5.41) is 9.85. The number of aryl methyl sites for hydroxylation is 1. The highest BCUT2D eigenvalue weighted by Gasteiger charge is 2.19. The van der Waals surface area contributed by atoms with Crippen molar-refractivity contribution in [2.45, 2.75) is 19.5 Å². The number of rotatable bonds is 6. The number of hydrogen-bond acceptors (Lipinski definition) is 4. The quantitative estimate of drug-likeness (QED) is 0.853. The van der Waals surface area contributed by atoms with Crippen LogP contribution in [0.2, 0.25) is 0 Å². The summed E-state index contributed by atoms with van der Waals surface area (Å²) in [4.78, 5) is 6.33. The summed E-state index contributed by atoms with van der Waals surface area (Å²) in [5.74, 6) is 0.782. The normalized spacial score (nSPS) is 12.5. The number of aromatic nitrogens is 1. The van der Waals surface area contributed by atoms with Crippen LogP contribution in [0.3, 0.4) is 0 Å². The van der Waals surface area contributed by atoms with Crippen molar-refractivity contribution in [1.29, 1.82) is 0 Å². The fourth-order valence-electron chi connectivity index (χ4n) is 2.48. The van der Waals surface area contributed by atoms with Gasteiger partial charge in [-0.3, -0.25) is 9.88 Å². The number of methoxy groups -OCH3 is 1. The summed E-state index contributed by atoms with van der Waals surface area (Å²) in [6, 6.07) is 9.75. The van der Waals surface area contributed by atoms with Gasteiger partial charge in [-0.1, -0.05) is 15.9 Å². The first-order valence-corrected chi connectivity index (χ1v) is 7.90. The highest BCUT2D eigenvalue weighted by atomic mass is 79.9. The third kappa shape index (κ3) is 4.06. The van der Waals surface area contributed by atoms with Crippen LogP contribution in [0.15, 0.2) is 41.0 Å². The van der Waals surface area contributed by atoms with Crippen LogP contribution in [0.4, 0.5) is 0 Å². The molecule has 0 bridgehead atoms. The molecule has 0 aliphatic rings. The van der Waals surface area contributed by atoms with Crippen LogP contribution >= 0.6 is 15.9 Å². The minimum absolute atomic E-state index is 0.0341. The average Bonchev–Trinajstić information content (AvgIpc) is 2.50. The summed E-state index contributed by atoms with van der Waals surface area (Å²) < 4.78 is 6.25. The Hall–Kier alpha value is -1.43. The molecule has 5 heteroatoms. The Kier molecular flexibility index (Phi) is 5.94. The zero-order valence-corrected chi connectivity index (χ0v) is 14.7. The predicted octanol–water partition coefficient (Wildman–Crippen LogP) is 3.33. The number of ether oxygens (including phenoxy) is 1. The second-order valence-electron chi connectivity index (χ2n) is 5.31. The van der Waals surface area contributed by atoms with Crippen molar-refractivity contribution >= 4 is 15.9 Å². The molecule has 1 unspecified atom stereocenters. The molecule has 0 aliphatic carbocycles. The Morgan fingerprint density at radius 1 is 1.32 bits per heavy atom. The van der Waals surface area contributed by atoms with Gasteiger partial charge in [-0.2, -0.15) is 0 Å². The number of pyridine rings is 1. The molecular weight excluding hydrogens is 344 g/mol. The van der Waals surface area contributed by atoms with E-state index in [2.05, 4.69) is 31.9 Å². The fraction of sp³-hybridized carbons (Fsp3) is 0.353. The van der Waals surface area contributed by atoms with Crippen LogP contribution in [0.1, 0.15) is 22.9 Å². The van der Waals surface area contributed by atoms with Crippen molar-refractivity contribution in [2.75, 3.05) is 20.8 Å². The average molecular weight is 365 g/mol. The fourth-order valence-corrected chi connectivity index (χ4v) is 2.99. The van der Waals surface area contributed by atoms with Gasteiger partial charge in [0, 0.05) is 22.9 Å². The van der Waals surface area contributed by atoms with Crippen molar-refractivity contribution in [3.05, 3.63) is 57.8 Å². The molecule has 0 aliphatic heterocycles. The molecule has 0 amide bonds. The number of nitrogens with zero attached hydrogens (tertiary/aromatic N) is 2. The standard InChI is InChI=1S/C17H21BrN2O2/c1-12-8-13(6-7-19-12)10-20(2)17(11-21)15-9-14(22-3)4-5-16(15)18/h4-9,17,21H,10-11H2,1-3H3. The van der Waals surface area contributed by atoms with E-state index in [1.54, 1.807) is 7.11 Å². The monoisotopic (exact) mass is 364 g/mol. The van der Waals surface area contributed by atoms with Gasteiger partial charge in [0.05, 0.1) is 19.8 Å². The first-order valence-electron chi connectivity index (χ1n) is 7.11. The van der Waals surface area contributed by atoms with E-state index in [-0.39, 0.29) is 12.6 Å². The van der Waals surface area contributed by atoms with Crippen LogP contribution in [-0.4, -0.2) is 35.8 Å². The number of halogens is 1. The summed E-state index contributed by atoms with van der Waals surface area (Å²) >= 11 is 3.56. The molecule has 2 aromatic rings. The van der Waals surface area contributed by atoms with Gasteiger partial charge in [0.25, 0.3) is 0 Å². The summed E-state index contributed by atoms with van der Waals surface area (Å²) in [7, 11) is 3.65. The van der Waals surface area contributed by atoms with Gasteiger partial charge in [0.1, 0.15) is 5.75 Å². The van der Waals surface area contributed by atoms with Gasteiger partial charge in [-0.15, -0.1) is 0 Å². The van der Waals surface area contributed by atoms with Gasteiger partial charge in [-0.05, 0) is 55.4 Å². The summed E-state index contributed by atoms with van der Waals surface area (Å²) in [5.41, 5.74) is 3.18. The molecule has 118 valence electrons. The van der Waals surface area contributed by atoms with E-state index in [0.29, 0.717) is 0 Å². The highest BCUT2D eigenvalue weighted by molar-refractivity contribution is 9.10. The Labute approximate surface area is 139 Å². The Morgan fingerprint density at radius 3 is 2.73 bits per heavy atom. The second-order valence-corrected chi connectivity index (χ2v) is 6.16. The lowest BCUT2D eigenvalue weighted by molar-refractivity contribution is 0.142. The molecule has 0 saturated carbocycles. The first kappa shape index (κ1) is 16.9. The molecule has 1 atom stereocenters. The number of likely N-dealkylation sites (N-methyl/N-ethyl adjacent to an activating group) is 1. The van der Waals surface area contributed by atoms with Crippen molar-refractivity contribution in [3.8, 4) is 5.75 Å². The Bertz CT molecular complexity index is 634. The zero-order valence-electron chi connectivity index (χ0n) is 13.1. The SMILES string of the molecule is COc1ccc(Br)c(C(CO)N(C)Cc2ccnc(C)c2)c1. The Morgan fingerprint density at radius 2 is 2.09 bits per heavy atom. The van der Waals surface area contributed by atoms with Crippen molar-refractivity contribution in [1.82, 2.24) is 9.88 Å². The van der Waals surface area contributed by atoms with E-state index in [1.807, 2.05) is 44.4 Å². The summed E-state index contributed by atoms with van der Waals surface area (Å²) in [6.45, 7) is 2.75. The number of aliphatic hydroxyl groups is 1. The van der Waals surface area contributed by atoms with E-state index >= 15 is 0 Å². The molecule has 1 N–H and O–H groups in total. The lowest BCUT2D eigenvalue weighted by atomic mass is 10.1. The van der Waals surface area contributed by atoms with Crippen molar-refractivity contribution in [3.63, 3.8) is 0 Å². The van der Waals surface area contributed by atoms with Gasteiger partial charge in [0.15, 0.2) is 0 Å². The molecule has 1 aromatic heterocycles. The van der Waals surface area contributed by atoms with Crippen LogP contribution in [0, 0.1) is 6.92 Å². The smallest absolute Gasteiger partial charge is 0.119 e. The van der Waals surface area contributed by atoms with E-state index in [4.69, 9.17) is 4.74 Å². The predicted molar refractivity (Wildman–Crippen MR) is 91.0 cm³/mol. The largest absolute Gasteiger partial charge is 0.497 e. The number of hydrogen-bond donors (Lipinski definition) is 1. The van der Waals surface area contributed by atoms with E-state index < -0.39 is 0 Å². The van der Waals surface area contributed by atoms with Gasteiger partial charge >= 0.3 is 0 Å². The number of benzene rings is 1. The lowest BCUT2D eigenvalue weighted by Gasteiger charge is -2.28. The molecule has 0 radical (unpaired) electrons. The molecule has 0 fully saturated rings. The lowest BCUT2D eigenvalue weighted by Crippen LogP contribution is -2.27. The molecular formula is C17H21BrN2O2.